The van der Waals surface area contributed by atoms with Gasteiger partial charge in [0.05, 0.1) is 5.88 Å². The van der Waals surface area contributed by atoms with E-state index in [0.29, 0.717) is 5.92 Å². The molecule has 0 N–H and O–H groups in total. The quantitative estimate of drug-likeness (QED) is 0.536. The van der Waals surface area contributed by atoms with Gasteiger partial charge >= 0.3 is 0 Å². The third-order valence-electron chi connectivity index (χ3n) is 2.00. The van der Waals surface area contributed by atoms with Crippen LogP contribution in [0.4, 0.5) is 0 Å². The van der Waals surface area contributed by atoms with Crippen molar-refractivity contribution in [3.8, 4) is 0 Å². The lowest BCUT2D eigenvalue weighted by atomic mass is 9.95. The van der Waals surface area contributed by atoms with Crippen molar-refractivity contribution in [2.45, 2.75) is 19.8 Å². The molecule has 0 aliphatic rings. The van der Waals surface area contributed by atoms with E-state index in [1.165, 1.54) is 0 Å². The Morgan fingerprint density at radius 1 is 1.38 bits per heavy atom. The minimum absolute atomic E-state index is 0.00552. The number of carbonyl (C=O) groups is 1. The maximum atomic E-state index is 11.4. The molecular weight excluding hydrogens is 184 g/mol. The Hall–Kier alpha value is -0.820. The highest BCUT2D eigenvalue weighted by atomic mass is 35.5. The van der Waals surface area contributed by atoms with Gasteiger partial charge in [-0.1, -0.05) is 38.1 Å². The lowest BCUT2D eigenvalue weighted by molar-refractivity contribution is 0.102. The number of halogens is 1. The first-order valence-corrected chi connectivity index (χ1v) is 4.88. The van der Waals surface area contributed by atoms with Crippen molar-refractivity contribution in [2.75, 3.05) is 5.88 Å². The molecule has 0 amide bonds. The van der Waals surface area contributed by atoms with E-state index in [2.05, 4.69) is 13.8 Å². The van der Waals surface area contributed by atoms with Gasteiger partial charge in [0.15, 0.2) is 5.78 Å². The van der Waals surface area contributed by atoms with Gasteiger partial charge in [-0.15, -0.1) is 11.6 Å². The highest BCUT2D eigenvalue weighted by Crippen LogP contribution is 2.19. The molecule has 13 heavy (non-hydrogen) atoms. The van der Waals surface area contributed by atoms with Crippen LogP contribution in [0.5, 0.6) is 0 Å². The SMILES string of the molecule is CC(C)c1ccccc1C(=O)CCl. The monoisotopic (exact) mass is 196 g/mol. The normalized spacial score (nSPS) is 10.5. The average Bonchev–Trinajstić information content (AvgIpc) is 2.16. The molecule has 1 nitrogen and oxygen atoms in total. The van der Waals surface area contributed by atoms with E-state index in [1.54, 1.807) is 0 Å². The fourth-order valence-electron chi connectivity index (χ4n) is 1.33. The van der Waals surface area contributed by atoms with Gasteiger partial charge in [-0.2, -0.15) is 0 Å². The predicted molar refractivity (Wildman–Crippen MR) is 55.6 cm³/mol. The van der Waals surface area contributed by atoms with Gasteiger partial charge in [0.2, 0.25) is 0 Å². The van der Waals surface area contributed by atoms with Gasteiger partial charge in [0.1, 0.15) is 0 Å². The summed E-state index contributed by atoms with van der Waals surface area (Å²) >= 11 is 5.51. The maximum Gasteiger partial charge on any atom is 0.177 e. The third-order valence-corrected chi connectivity index (χ3v) is 2.25. The number of ketones is 1. The average molecular weight is 197 g/mol. The van der Waals surface area contributed by atoms with E-state index in [0.717, 1.165) is 11.1 Å². The smallest absolute Gasteiger partial charge is 0.177 e. The van der Waals surface area contributed by atoms with Gasteiger partial charge in [0, 0.05) is 5.56 Å². The fourth-order valence-corrected chi connectivity index (χ4v) is 1.47. The van der Waals surface area contributed by atoms with E-state index >= 15 is 0 Å². The third kappa shape index (κ3) is 2.31. The molecule has 0 atom stereocenters. The van der Waals surface area contributed by atoms with Gasteiger partial charge in [-0.3, -0.25) is 4.79 Å². The molecule has 0 aromatic heterocycles. The van der Waals surface area contributed by atoms with Crippen LogP contribution in [0.1, 0.15) is 35.7 Å². The summed E-state index contributed by atoms with van der Waals surface area (Å²) in [5.41, 5.74) is 1.83. The van der Waals surface area contributed by atoms with Crippen LogP contribution in [0, 0.1) is 0 Å². The van der Waals surface area contributed by atoms with Gasteiger partial charge in [-0.05, 0) is 11.5 Å². The molecule has 1 rings (SSSR count). The Labute approximate surface area is 83.7 Å². The minimum Gasteiger partial charge on any atom is -0.293 e. The van der Waals surface area contributed by atoms with Crippen molar-refractivity contribution in [3.05, 3.63) is 35.4 Å². The van der Waals surface area contributed by atoms with Crippen LogP contribution in [0.2, 0.25) is 0 Å². The van der Waals surface area contributed by atoms with Crippen molar-refractivity contribution >= 4 is 17.4 Å². The summed E-state index contributed by atoms with van der Waals surface area (Å²) in [7, 11) is 0. The van der Waals surface area contributed by atoms with Crippen LogP contribution in [0.3, 0.4) is 0 Å². The Morgan fingerprint density at radius 2 is 2.00 bits per heavy atom. The van der Waals surface area contributed by atoms with Gasteiger partial charge in [0.25, 0.3) is 0 Å². The van der Waals surface area contributed by atoms with E-state index in [4.69, 9.17) is 11.6 Å². The van der Waals surface area contributed by atoms with Crippen LogP contribution in [0.25, 0.3) is 0 Å². The second-order valence-corrected chi connectivity index (χ2v) is 3.57. The second-order valence-electron chi connectivity index (χ2n) is 3.30. The lowest BCUT2D eigenvalue weighted by Crippen LogP contribution is -2.05. The number of benzene rings is 1. The number of Topliss-reactive ketones (excluding diaryl/α,β-unsaturated/α-hetero) is 1. The standard InChI is InChI=1S/C11H13ClO/c1-8(2)9-5-3-4-6-10(9)11(13)7-12/h3-6,8H,7H2,1-2H3. The van der Waals surface area contributed by atoms with E-state index in [9.17, 15) is 4.79 Å². The number of hydrogen-bond donors (Lipinski definition) is 0. The van der Waals surface area contributed by atoms with Gasteiger partial charge in [-0.25, -0.2) is 0 Å². The van der Waals surface area contributed by atoms with Crippen molar-refractivity contribution < 1.29 is 4.79 Å². The summed E-state index contributed by atoms with van der Waals surface area (Å²) in [5.74, 6) is 0.429. The van der Waals surface area contributed by atoms with Crippen LogP contribution in [-0.2, 0) is 0 Å². The molecule has 0 saturated heterocycles. The fraction of sp³-hybridized carbons (Fsp3) is 0.364. The zero-order valence-electron chi connectivity index (χ0n) is 7.88. The molecule has 0 aliphatic heterocycles. The van der Waals surface area contributed by atoms with Crippen LogP contribution in [-0.4, -0.2) is 11.7 Å². The molecule has 0 heterocycles. The lowest BCUT2D eigenvalue weighted by Gasteiger charge is -2.09. The first kappa shape index (κ1) is 10.3. The molecule has 0 unspecified atom stereocenters. The second kappa shape index (κ2) is 4.43. The maximum absolute atomic E-state index is 11.4. The first-order valence-electron chi connectivity index (χ1n) is 4.35. The molecule has 1 aromatic carbocycles. The first-order chi connectivity index (χ1) is 6.16. The molecular formula is C11H13ClO. The zero-order chi connectivity index (χ0) is 9.84. The van der Waals surface area contributed by atoms with Crippen molar-refractivity contribution in [1.29, 1.82) is 0 Å². The Kier molecular flexibility index (Phi) is 3.49. The molecule has 0 bridgehead atoms. The largest absolute Gasteiger partial charge is 0.293 e. The number of alkyl halides is 1. The summed E-state index contributed by atoms with van der Waals surface area (Å²) in [6, 6.07) is 7.62. The topological polar surface area (TPSA) is 17.1 Å². The van der Waals surface area contributed by atoms with Crippen LogP contribution in [0.15, 0.2) is 24.3 Å². The predicted octanol–water partition coefficient (Wildman–Crippen LogP) is 3.23. The molecule has 0 saturated carbocycles. The molecule has 1 aromatic rings. The summed E-state index contributed by atoms with van der Waals surface area (Å²) in [6.07, 6.45) is 0. The molecule has 2 heteroatoms. The Bertz CT molecular complexity index is 305. The number of hydrogen-bond acceptors (Lipinski definition) is 1. The Morgan fingerprint density at radius 3 is 2.54 bits per heavy atom. The van der Waals surface area contributed by atoms with Gasteiger partial charge < -0.3 is 0 Å². The summed E-state index contributed by atoms with van der Waals surface area (Å²) in [4.78, 5) is 11.4. The van der Waals surface area contributed by atoms with E-state index in [1.807, 2.05) is 24.3 Å². The van der Waals surface area contributed by atoms with Crippen molar-refractivity contribution in [2.24, 2.45) is 0 Å². The van der Waals surface area contributed by atoms with Crippen molar-refractivity contribution in [3.63, 3.8) is 0 Å². The van der Waals surface area contributed by atoms with E-state index < -0.39 is 0 Å². The minimum atomic E-state index is 0.00552. The van der Waals surface area contributed by atoms with Crippen LogP contribution < -0.4 is 0 Å². The van der Waals surface area contributed by atoms with Crippen LogP contribution >= 0.6 is 11.6 Å². The summed E-state index contributed by atoms with van der Waals surface area (Å²) in [5, 5.41) is 0. The Balaban J connectivity index is 3.12. The molecule has 0 aliphatic carbocycles. The molecule has 70 valence electrons. The summed E-state index contributed by atoms with van der Waals surface area (Å²) in [6.45, 7) is 4.14. The highest BCUT2D eigenvalue weighted by Gasteiger charge is 2.11. The van der Waals surface area contributed by atoms with Crippen molar-refractivity contribution in [1.82, 2.24) is 0 Å². The molecule has 0 fully saturated rings. The zero-order valence-corrected chi connectivity index (χ0v) is 8.64. The number of rotatable bonds is 3. The molecule has 0 radical (unpaired) electrons. The van der Waals surface area contributed by atoms with E-state index in [-0.39, 0.29) is 11.7 Å². The highest BCUT2D eigenvalue weighted by molar-refractivity contribution is 6.30. The summed E-state index contributed by atoms with van der Waals surface area (Å²) < 4.78 is 0. The molecule has 0 spiro atoms. The number of carbonyl (C=O) groups excluding carboxylic acids is 1.